The zero-order valence-electron chi connectivity index (χ0n) is 12.2. The predicted molar refractivity (Wildman–Crippen MR) is 86.9 cm³/mol. The summed E-state index contributed by atoms with van der Waals surface area (Å²) in [6, 6.07) is 8.28. The van der Waals surface area contributed by atoms with Gasteiger partial charge in [0.05, 0.1) is 0 Å². The molecule has 1 amide bonds. The summed E-state index contributed by atoms with van der Waals surface area (Å²) in [4.78, 5) is 22.6. The fraction of sp³-hybridized carbons (Fsp3) is 0.250. The van der Waals surface area contributed by atoms with E-state index in [1.165, 1.54) is 6.07 Å². The van der Waals surface area contributed by atoms with Crippen LogP contribution >= 0.6 is 15.9 Å². The van der Waals surface area contributed by atoms with Gasteiger partial charge in [0.2, 0.25) is 11.7 Å². The van der Waals surface area contributed by atoms with Crippen molar-refractivity contribution in [2.45, 2.75) is 20.3 Å². The normalized spacial score (nSPS) is 10.7. The van der Waals surface area contributed by atoms with Gasteiger partial charge in [0.25, 0.3) is 0 Å². The van der Waals surface area contributed by atoms with Gasteiger partial charge in [-0.25, -0.2) is 4.79 Å². The number of hydrogen-bond donors (Lipinski definition) is 2. The number of hydrogen-bond acceptors (Lipinski definition) is 3. The molecule has 0 radical (unpaired) electrons. The second-order valence-corrected chi connectivity index (χ2v) is 6.16. The van der Waals surface area contributed by atoms with E-state index in [2.05, 4.69) is 21.2 Å². The first-order chi connectivity index (χ1) is 10.4. The molecular formula is C16H16BrNO4. The average molecular weight is 366 g/mol. The van der Waals surface area contributed by atoms with Crippen LogP contribution in [-0.4, -0.2) is 17.0 Å². The third-order valence-electron chi connectivity index (χ3n) is 2.93. The number of aromatic carboxylic acids is 1. The standard InChI is InChI=1S/C16H16BrNO4/c1-9(2)7-15(19)18-10-3-4-11(12(17)8-10)13-5-6-14(22-13)16(20)21/h3-6,8-9H,7H2,1-2H3,(H,18,19)(H,20,21). The van der Waals surface area contributed by atoms with Crippen LogP contribution in [0.4, 0.5) is 5.69 Å². The summed E-state index contributed by atoms with van der Waals surface area (Å²) >= 11 is 3.41. The van der Waals surface area contributed by atoms with Crippen molar-refractivity contribution in [3.8, 4) is 11.3 Å². The van der Waals surface area contributed by atoms with Crippen LogP contribution in [-0.2, 0) is 4.79 Å². The van der Waals surface area contributed by atoms with Gasteiger partial charge in [0, 0.05) is 22.1 Å². The molecule has 0 aliphatic heterocycles. The quantitative estimate of drug-likeness (QED) is 0.823. The first-order valence-electron chi connectivity index (χ1n) is 6.79. The lowest BCUT2D eigenvalue weighted by Gasteiger charge is -2.09. The molecule has 0 atom stereocenters. The molecular weight excluding hydrogens is 350 g/mol. The molecule has 0 saturated heterocycles. The lowest BCUT2D eigenvalue weighted by molar-refractivity contribution is -0.116. The summed E-state index contributed by atoms with van der Waals surface area (Å²) in [5.74, 6) is -0.526. The van der Waals surface area contributed by atoms with E-state index in [-0.39, 0.29) is 11.7 Å². The number of carboxylic acid groups (broad SMARTS) is 1. The number of amides is 1. The Morgan fingerprint density at radius 3 is 2.55 bits per heavy atom. The van der Waals surface area contributed by atoms with Crippen LogP contribution in [0.25, 0.3) is 11.3 Å². The van der Waals surface area contributed by atoms with E-state index in [1.807, 2.05) is 13.8 Å². The third-order valence-corrected chi connectivity index (χ3v) is 3.58. The van der Waals surface area contributed by atoms with Crippen molar-refractivity contribution in [1.82, 2.24) is 0 Å². The van der Waals surface area contributed by atoms with Crippen molar-refractivity contribution in [3.05, 3.63) is 40.6 Å². The summed E-state index contributed by atoms with van der Waals surface area (Å²) in [6.45, 7) is 3.96. The second kappa shape index (κ2) is 6.79. The fourth-order valence-corrected chi connectivity index (χ4v) is 2.55. The molecule has 6 heteroatoms. The number of carbonyl (C=O) groups excluding carboxylic acids is 1. The highest BCUT2D eigenvalue weighted by molar-refractivity contribution is 9.10. The molecule has 1 heterocycles. The highest BCUT2D eigenvalue weighted by Gasteiger charge is 2.13. The van der Waals surface area contributed by atoms with E-state index in [9.17, 15) is 9.59 Å². The molecule has 2 aromatic rings. The van der Waals surface area contributed by atoms with Crippen LogP contribution in [0, 0.1) is 5.92 Å². The minimum Gasteiger partial charge on any atom is -0.475 e. The lowest BCUT2D eigenvalue weighted by Crippen LogP contribution is -2.13. The molecule has 0 aliphatic rings. The molecule has 0 unspecified atom stereocenters. The van der Waals surface area contributed by atoms with Crippen LogP contribution in [0.15, 0.2) is 39.2 Å². The van der Waals surface area contributed by atoms with Gasteiger partial charge in [-0.3, -0.25) is 4.79 Å². The molecule has 0 fully saturated rings. The fourth-order valence-electron chi connectivity index (χ4n) is 1.97. The minimum atomic E-state index is -1.11. The summed E-state index contributed by atoms with van der Waals surface area (Å²) in [5.41, 5.74) is 1.39. The smallest absolute Gasteiger partial charge is 0.371 e. The van der Waals surface area contributed by atoms with Crippen LogP contribution in [0.3, 0.4) is 0 Å². The minimum absolute atomic E-state index is 0.0409. The van der Waals surface area contributed by atoms with Gasteiger partial charge in [0.1, 0.15) is 5.76 Å². The van der Waals surface area contributed by atoms with E-state index < -0.39 is 5.97 Å². The Balaban J connectivity index is 2.18. The van der Waals surface area contributed by atoms with Gasteiger partial charge in [-0.2, -0.15) is 0 Å². The molecule has 2 N–H and O–H groups in total. The van der Waals surface area contributed by atoms with Crippen LogP contribution < -0.4 is 5.32 Å². The maximum Gasteiger partial charge on any atom is 0.371 e. The summed E-state index contributed by atoms with van der Waals surface area (Å²) in [7, 11) is 0. The van der Waals surface area contributed by atoms with Crippen molar-refractivity contribution >= 4 is 33.5 Å². The van der Waals surface area contributed by atoms with Gasteiger partial charge >= 0.3 is 5.97 Å². The molecule has 0 aliphatic carbocycles. The number of benzene rings is 1. The zero-order valence-corrected chi connectivity index (χ0v) is 13.8. The third kappa shape index (κ3) is 3.98. The van der Waals surface area contributed by atoms with Gasteiger partial charge in [-0.15, -0.1) is 0 Å². The second-order valence-electron chi connectivity index (χ2n) is 5.31. The van der Waals surface area contributed by atoms with Crippen LogP contribution in [0.2, 0.25) is 0 Å². The highest BCUT2D eigenvalue weighted by Crippen LogP contribution is 2.32. The largest absolute Gasteiger partial charge is 0.475 e. The molecule has 5 nitrogen and oxygen atoms in total. The molecule has 116 valence electrons. The first-order valence-corrected chi connectivity index (χ1v) is 7.59. The Bertz CT molecular complexity index is 706. The van der Waals surface area contributed by atoms with E-state index in [4.69, 9.17) is 9.52 Å². The molecule has 22 heavy (non-hydrogen) atoms. The van der Waals surface area contributed by atoms with E-state index in [1.54, 1.807) is 24.3 Å². The maximum atomic E-state index is 11.8. The van der Waals surface area contributed by atoms with Crippen molar-refractivity contribution in [2.24, 2.45) is 5.92 Å². The molecule has 1 aromatic heterocycles. The van der Waals surface area contributed by atoms with Gasteiger partial charge in [-0.1, -0.05) is 13.8 Å². The molecule has 2 rings (SSSR count). The highest BCUT2D eigenvalue weighted by atomic mass is 79.9. The van der Waals surface area contributed by atoms with Crippen LogP contribution in [0.5, 0.6) is 0 Å². The summed E-state index contributed by atoms with van der Waals surface area (Å²) in [5, 5.41) is 11.7. The zero-order chi connectivity index (χ0) is 16.3. The Morgan fingerprint density at radius 2 is 2.00 bits per heavy atom. The van der Waals surface area contributed by atoms with Crippen molar-refractivity contribution in [1.29, 1.82) is 0 Å². The number of halogens is 1. The van der Waals surface area contributed by atoms with Crippen molar-refractivity contribution < 1.29 is 19.1 Å². The number of carboxylic acids is 1. The van der Waals surface area contributed by atoms with Crippen molar-refractivity contribution in [3.63, 3.8) is 0 Å². The first kappa shape index (κ1) is 16.3. The Labute approximate surface area is 136 Å². The van der Waals surface area contributed by atoms with Crippen molar-refractivity contribution in [2.75, 3.05) is 5.32 Å². The topological polar surface area (TPSA) is 79.5 Å². The lowest BCUT2D eigenvalue weighted by atomic mass is 10.1. The Morgan fingerprint density at radius 1 is 1.27 bits per heavy atom. The average Bonchev–Trinajstić information content (AvgIpc) is 2.87. The SMILES string of the molecule is CC(C)CC(=O)Nc1ccc(-c2ccc(C(=O)O)o2)c(Br)c1. The monoisotopic (exact) mass is 365 g/mol. The van der Waals surface area contributed by atoms with Gasteiger partial charge in [0.15, 0.2) is 0 Å². The van der Waals surface area contributed by atoms with E-state index >= 15 is 0 Å². The maximum absolute atomic E-state index is 11.8. The molecule has 0 saturated carbocycles. The number of carbonyl (C=O) groups is 2. The number of anilines is 1. The van der Waals surface area contributed by atoms with Crippen LogP contribution in [0.1, 0.15) is 30.8 Å². The molecule has 1 aromatic carbocycles. The number of nitrogens with one attached hydrogen (secondary N) is 1. The molecule has 0 spiro atoms. The summed E-state index contributed by atoms with van der Waals surface area (Å²) < 4.78 is 5.98. The van der Waals surface area contributed by atoms with Gasteiger partial charge in [-0.05, 0) is 52.2 Å². The number of furan rings is 1. The Kier molecular flexibility index (Phi) is 5.03. The van der Waals surface area contributed by atoms with E-state index in [0.717, 1.165) is 0 Å². The van der Waals surface area contributed by atoms with Gasteiger partial charge < -0.3 is 14.8 Å². The Hall–Kier alpha value is -2.08. The molecule has 0 bridgehead atoms. The number of rotatable bonds is 5. The van der Waals surface area contributed by atoms with E-state index in [0.29, 0.717) is 33.8 Å². The predicted octanol–water partition coefficient (Wildman–Crippen LogP) is 4.39. The summed E-state index contributed by atoms with van der Waals surface area (Å²) in [6.07, 6.45) is 0.458.